The Morgan fingerprint density at radius 1 is 1.45 bits per heavy atom. The van der Waals surface area contributed by atoms with Crippen LogP contribution in [0, 0.1) is 0 Å². The lowest BCUT2D eigenvalue weighted by Gasteiger charge is -2.13. The quantitative estimate of drug-likeness (QED) is 0.550. The number of methoxy groups -OCH3 is 1. The average Bonchev–Trinajstić information content (AvgIpc) is 2.99. The lowest BCUT2D eigenvalue weighted by Crippen LogP contribution is -2.10. The predicted molar refractivity (Wildman–Crippen MR) is 83.2 cm³/mol. The van der Waals surface area contributed by atoms with Gasteiger partial charge in [-0.1, -0.05) is 11.6 Å². The monoisotopic (exact) mass is 344 g/mol. The van der Waals surface area contributed by atoms with Gasteiger partial charge >= 0.3 is 5.97 Å². The van der Waals surface area contributed by atoms with E-state index < -0.39 is 17.2 Å². The number of halogens is 1. The normalized spacial score (nSPS) is 11.8. The van der Waals surface area contributed by atoms with E-state index in [-0.39, 0.29) is 16.3 Å². The Morgan fingerprint density at radius 2 is 2.23 bits per heavy atom. The highest BCUT2D eigenvalue weighted by Crippen LogP contribution is 2.30. The molecular formula is C13H13ClN2O5S. The molecule has 1 unspecified atom stereocenters. The Balaban J connectivity index is 2.31. The molecule has 2 rings (SSSR count). The van der Waals surface area contributed by atoms with E-state index in [0.29, 0.717) is 18.0 Å². The molecule has 0 amide bonds. The molecule has 22 heavy (non-hydrogen) atoms. The van der Waals surface area contributed by atoms with Crippen molar-refractivity contribution in [2.24, 2.45) is 0 Å². The first-order valence-electron chi connectivity index (χ1n) is 6.07. The maximum absolute atomic E-state index is 11.9. The highest BCUT2D eigenvalue weighted by atomic mass is 35.5. The molecule has 9 heteroatoms. The van der Waals surface area contributed by atoms with E-state index >= 15 is 0 Å². The number of rotatable bonds is 6. The molecule has 1 atom stereocenters. The number of ether oxygens (including phenoxy) is 1. The van der Waals surface area contributed by atoms with Crippen LogP contribution < -0.4 is 10.0 Å². The van der Waals surface area contributed by atoms with Crippen molar-refractivity contribution in [3.8, 4) is 0 Å². The van der Waals surface area contributed by atoms with Crippen molar-refractivity contribution < 1.29 is 22.7 Å². The zero-order chi connectivity index (χ0) is 16.1. The van der Waals surface area contributed by atoms with Crippen LogP contribution in [0.15, 0.2) is 34.9 Å². The van der Waals surface area contributed by atoms with Crippen LogP contribution in [0.3, 0.4) is 0 Å². The summed E-state index contributed by atoms with van der Waals surface area (Å²) in [6.07, 6.45) is 1.54. The van der Waals surface area contributed by atoms with Crippen LogP contribution in [0.4, 0.5) is 11.4 Å². The third kappa shape index (κ3) is 4.00. The number of hydrogen-bond donors (Lipinski definition) is 3. The SMILES string of the molecule is COC(=O)c1cc(NS(=O)O)c(Cl)cc1NCc1ccco1. The minimum atomic E-state index is -2.31. The zero-order valence-electron chi connectivity index (χ0n) is 11.5. The first-order chi connectivity index (χ1) is 10.5. The van der Waals surface area contributed by atoms with E-state index in [1.54, 1.807) is 12.1 Å². The zero-order valence-corrected chi connectivity index (χ0v) is 13.0. The minimum absolute atomic E-state index is 0.145. The Morgan fingerprint density at radius 3 is 2.82 bits per heavy atom. The van der Waals surface area contributed by atoms with E-state index in [1.807, 2.05) is 0 Å². The number of anilines is 2. The largest absolute Gasteiger partial charge is 0.467 e. The lowest BCUT2D eigenvalue weighted by molar-refractivity contribution is 0.0602. The van der Waals surface area contributed by atoms with Crippen LogP contribution in [0.2, 0.25) is 5.02 Å². The highest BCUT2D eigenvalue weighted by Gasteiger charge is 2.16. The molecular weight excluding hydrogens is 332 g/mol. The summed E-state index contributed by atoms with van der Waals surface area (Å²) in [7, 11) is 1.24. The molecule has 1 heterocycles. The summed E-state index contributed by atoms with van der Waals surface area (Å²) >= 11 is 3.72. The van der Waals surface area contributed by atoms with Gasteiger partial charge < -0.3 is 14.5 Å². The van der Waals surface area contributed by atoms with Crippen molar-refractivity contribution in [2.75, 3.05) is 17.1 Å². The van der Waals surface area contributed by atoms with E-state index in [2.05, 4.69) is 10.0 Å². The number of carbonyl (C=O) groups is 1. The van der Waals surface area contributed by atoms with Gasteiger partial charge in [0, 0.05) is 0 Å². The second kappa shape index (κ2) is 7.30. The Hall–Kier alpha value is -2.03. The molecule has 0 saturated carbocycles. The molecule has 0 aliphatic carbocycles. The van der Waals surface area contributed by atoms with Gasteiger partial charge in [0.15, 0.2) is 0 Å². The van der Waals surface area contributed by atoms with Crippen LogP contribution in [-0.4, -0.2) is 21.8 Å². The van der Waals surface area contributed by atoms with Gasteiger partial charge in [0.1, 0.15) is 5.76 Å². The smallest absolute Gasteiger partial charge is 0.340 e. The summed E-state index contributed by atoms with van der Waals surface area (Å²) < 4.78 is 31.8. The fourth-order valence-corrected chi connectivity index (χ4v) is 2.39. The van der Waals surface area contributed by atoms with E-state index in [1.165, 1.54) is 25.5 Å². The summed E-state index contributed by atoms with van der Waals surface area (Å²) in [6, 6.07) is 6.32. The number of nitrogens with one attached hydrogen (secondary N) is 2. The van der Waals surface area contributed by atoms with Crippen LogP contribution in [-0.2, 0) is 22.5 Å². The highest BCUT2D eigenvalue weighted by molar-refractivity contribution is 7.80. The number of carbonyl (C=O) groups excluding carboxylic acids is 1. The molecule has 1 aromatic heterocycles. The van der Waals surface area contributed by atoms with Gasteiger partial charge in [-0.2, -0.15) is 0 Å². The molecule has 2 aromatic rings. The van der Waals surface area contributed by atoms with Gasteiger partial charge in [0.05, 0.1) is 41.9 Å². The van der Waals surface area contributed by atoms with Crippen molar-refractivity contribution in [1.29, 1.82) is 0 Å². The van der Waals surface area contributed by atoms with Gasteiger partial charge in [-0.05, 0) is 24.3 Å². The fourth-order valence-electron chi connectivity index (χ4n) is 1.77. The number of benzene rings is 1. The van der Waals surface area contributed by atoms with Crippen molar-refractivity contribution >= 4 is 40.2 Å². The van der Waals surface area contributed by atoms with Crippen LogP contribution in [0.5, 0.6) is 0 Å². The first kappa shape index (κ1) is 16.3. The number of furan rings is 1. The maximum atomic E-state index is 11.9. The summed E-state index contributed by atoms with van der Waals surface area (Å²) in [4.78, 5) is 11.9. The van der Waals surface area contributed by atoms with E-state index in [9.17, 15) is 9.00 Å². The third-order valence-corrected chi connectivity index (χ3v) is 3.45. The molecule has 0 fully saturated rings. The lowest BCUT2D eigenvalue weighted by atomic mass is 10.1. The Labute approximate surface area is 134 Å². The summed E-state index contributed by atoms with van der Waals surface area (Å²) in [6.45, 7) is 0.339. The molecule has 0 spiro atoms. The van der Waals surface area contributed by atoms with Gasteiger partial charge in [-0.25, -0.2) is 9.00 Å². The standard InChI is InChI=1S/C13H13ClN2O5S/c1-20-13(17)9-5-12(16-22(18)19)10(14)6-11(9)15-7-8-3-2-4-21-8/h2-6,15-16H,7H2,1H3,(H,18,19). The third-order valence-electron chi connectivity index (χ3n) is 2.74. The van der Waals surface area contributed by atoms with Gasteiger partial charge in [-0.15, -0.1) is 0 Å². The fraction of sp³-hybridized carbons (Fsp3) is 0.154. The van der Waals surface area contributed by atoms with E-state index in [4.69, 9.17) is 25.3 Å². The maximum Gasteiger partial charge on any atom is 0.340 e. The summed E-state index contributed by atoms with van der Waals surface area (Å²) in [5.41, 5.74) is 0.736. The Bertz CT molecular complexity index is 690. The summed E-state index contributed by atoms with van der Waals surface area (Å²) in [5.74, 6) is 0.0657. The molecule has 0 saturated heterocycles. The average molecular weight is 345 g/mol. The molecule has 7 nitrogen and oxygen atoms in total. The molecule has 0 bridgehead atoms. The first-order valence-corrected chi connectivity index (χ1v) is 7.55. The molecule has 0 aliphatic heterocycles. The van der Waals surface area contributed by atoms with Gasteiger partial charge in [0.25, 0.3) is 11.3 Å². The topological polar surface area (TPSA) is 101 Å². The van der Waals surface area contributed by atoms with Gasteiger partial charge in [0.2, 0.25) is 0 Å². The van der Waals surface area contributed by atoms with Crippen LogP contribution in [0.25, 0.3) is 0 Å². The van der Waals surface area contributed by atoms with Crippen molar-refractivity contribution in [2.45, 2.75) is 6.54 Å². The molecule has 1 aromatic carbocycles. The van der Waals surface area contributed by atoms with Crippen LogP contribution >= 0.6 is 11.6 Å². The Kier molecular flexibility index (Phi) is 5.42. The van der Waals surface area contributed by atoms with Crippen molar-refractivity contribution in [1.82, 2.24) is 0 Å². The molecule has 0 radical (unpaired) electrons. The number of esters is 1. The molecule has 0 aliphatic rings. The predicted octanol–water partition coefficient (Wildman–Crippen LogP) is 2.88. The molecule has 118 valence electrons. The van der Waals surface area contributed by atoms with Crippen molar-refractivity contribution in [3.63, 3.8) is 0 Å². The minimum Gasteiger partial charge on any atom is -0.467 e. The second-order valence-electron chi connectivity index (χ2n) is 4.15. The van der Waals surface area contributed by atoms with Gasteiger partial charge in [-0.3, -0.25) is 9.27 Å². The van der Waals surface area contributed by atoms with E-state index in [0.717, 1.165) is 0 Å². The molecule has 3 N–H and O–H groups in total. The van der Waals surface area contributed by atoms with Crippen LogP contribution in [0.1, 0.15) is 16.1 Å². The second-order valence-corrected chi connectivity index (χ2v) is 5.26. The summed E-state index contributed by atoms with van der Waals surface area (Å²) in [5, 5.41) is 3.18. The number of hydrogen-bond acceptors (Lipinski definition) is 5. The van der Waals surface area contributed by atoms with Crippen molar-refractivity contribution in [3.05, 3.63) is 46.9 Å².